The van der Waals surface area contributed by atoms with Gasteiger partial charge in [0.05, 0.1) is 18.1 Å². The van der Waals surface area contributed by atoms with E-state index in [1.165, 1.54) is 12.4 Å². The van der Waals surface area contributed by atoms with Crippen molar-refractivity contribution in [3.63, 3.8) is 0 Å². The lowest BCUT2D eigenvalue weighted by Gasteiger charge is -2.16. The molecule has 2 rings (SSSR count). The maximum absolute atomic E-state index is 12.2. The van der Waals surface area contributed by atoms with Gasteiger partial charge in [0, 0.05) is 6.04 Å². The van der Waals surface area contributed by atoms with Crippen molar-refractivity contribution in [2.75, 3.05) is 0 Å². The molecule has 0 saturated heterocycles. The molecule has 108 valence electrons. The van der Waals surface area contributed by atoms with Crippen molar-refractivity contribution in [1.29, 1.82) is 0 Å². The number of hydrogen-bond donors (Lipinski definition) is 1. The molecule has 1 aromatic heterocycles. The summed E-state index contributed by atoms with van der Waals surface area (Å²) in [5, 5.41) is 4.10. The van der Waals surface area contributed by atoms with Crippen molar-refractivity contribution in [2.45, 2.75) is 31.7 Å². The molecule has 0 bridgehead atoms. The normalized spacial score (nSPS) is 13.6. The fourth-order valence-corrected chi connectivity index (χ4v) is 2.94. The van der Waals surface area contributed by atoms with Crippen LogP contribution >= 0.6 is 0 Å². The third-order valence-electron chi connectivity index (χ3n) is 3.23. The van der Waals surface area contributed by atoms with E-state index in [-0.39, 0.29) is 16.9 Å². The standard InChI is InChI=1S/C14H19N3O2S/c1-11(2)12(3)16-20(18,19)14-9-15-17(10-14)13-7-5-4-6-8-13/h4-12,16H,1-3H3. The average Bonchev–Trinajstić information content (AvgIpc) is 2.89. The van der Waals surface area contributed by atoms with Gasteiger partial charge in [-0.05, 0) is 25.0 Å². The minimum atomic E-state index is -3.53. The number of nitrogens with one attached hydrogen (secondary N) is 1. The highest BCUT2D eigenvalue weighted by Gasteiger charge is 2.21. The predicted octanol–water partition coefficient (Wildman–Crippen LogP) is 2.20. The second kappa shape index (κ2) is 5.76. The molecule has 2 aromatic rings. The van der Waals surface area contributed by atoms with Gasteiger partial charge in [-0.15, -0.1) is 0 Å². The zero-order valence-corrected chi connectivity index (χ0v) is 12.6. The number of nitrogens with zero attached hydrogens (tertiary/aromatic N) is 2. The van der Waals surface area contributed by atoms with Gasteiger partial charge >= 0.3 is 0 Å². The molecule has 0 aliphatic rings. The first kappa shape index (κ1) is 14.7. The molecular weight excluding hydrogens is 274 g/mol. The largest absolute Gasteiger partial charge is 0.243 e. The minimum absolute atomic E-state index is 0.125. The third-order valence-corrected chi connectivity index (χ3v) is 4.74. The van der Waals surface area contributed by atoms with Gasteiger partial charge in [-0.2, -0.15) is 5.10 Å². The summed E-state index contributed by atoms with van der Waals surface area (Å²) in [5.41, 5.74) is 0.825. The van der Waals surface area contributed by atoms with Crippen LogP contribution in [0.2, 0.25) is 0 Å². The molecule has 1 aromatic carbocycles. The fourth-order valence-electron chi connectivity index (χ4n) is 1.62. The number of hydrogen-bond acceptors (Lipinski definition) is 3. The Hall–Kier alpha value is -1.66. The summed E-state index contributed by atoms with van der Waals surface area (Å²) in [4.78, 5) is 0.175. The van der Waals surface area contributed by atoms with Crippen LogP contribution in [-0.4, -0.2) is 24.2 Å². The van der Waals surface area contributed by atoms with Gasteiger partial charge in [-0.3, -0.25) is 0 Å². The van der Waals surface area contributed by atoms with E-state index in [9.17, 15) is 8.42 Å². The van der Waals surface area contributed by atoms with E-state index >= 15 is 0 Å². The Labute approximate surface area is 119 Å². The number of para-hydroxylation sites is 1. The highest BCUT2D eigenvalue weighted by atomic mass is 32.2. The summed E-state index contributed by atoms with van der Waals surface area (Å²) in [7, 11) is -3.53. The fraction of sp³-hybridized carbons (Fsp3) is 0.357. The van der Waals surface area contributed by atoms with E-state index in [2.05, 4.69) is 9.82 Å². The maximum Gasteiger partial charge on any atom is 0.243 e. The molecule has 0 aliphatic carbocycles. The van der Waals surface area contributed by atoms with Crippen LogP contribution in [0.4, 0.5) is 0 Å². The summed E-state index contributed by atoms with van der Waals surface area (Å²) in [5.74, 6) is 0.231. The van der Waals surface area contributed by atoms with Crippen LogP contribution < -0.4 is 4.72 Å². The van der Waals surface area contributed by atoms with Gasteiger partial charge in [0.25, 0.3) is 0 Å². The molecule has 1 heterocycles. The van der Waals surface area contributed by atoms with Crippen molar-refractivity contribution in [1.82, 2.24) is 14.5 Å². The van der Waals surface area contributed by atoms with Crippen LogP contribution in [0.1, 0.15) is 20.8 Å². The van der Waals surface area contributed by atoms with Crippen LogP contribution in [0.5, 0.6) is 0 Å². The van der Waals surface area contributed by atoms with Gasteiger partial charge in [0.1, 0.15) is 4.90 Å². The average molecular weight is 293 g/mol. The molecule has 0 spiro atoms. The quantitative estimate of drug-likeness (QED) is 0.919. The highest BCUT2D eigenvalue weighted by molar-refractivity contribution is 7.89. The molecular formula is C14H19N3O2S. The van der Waals surface area contributed by atoms with E-state index < -0.39 is 10.0 Å². The lowest BCUT2D eigenvalue weighted by atomic mass is 10.1. The van der Waals surface area contributed by atoms with Crippen LogP contribution in [0.15, 0.2) is 47.6 Å². The van der Waals surface area contributed by atoms with Crippen molar-refractivity contribution in [3.8, 4) is 5.69 Å². The molecule has 0 fully saturated rings. The minimum Gasteiger partial charge on any atom is -0.240 e. The molecule has 6 heteroatoms. The van der Waals surface area contributed by atoms with Crippen LogP contribution in [0, 0.1) is 5.92 Å². The maximum atomic E-state index is 12.2. The number of sulfonamides is 1. The van der Waals surface area contributed by atoms with Crippen LogP contribution in [-0.2, 0) is 10.0 Å². The lowest BCUT2D eigenvalue weighted by molar-refractivity contribution is 0.476. The second-order valence-electron chi connectivity index (χ2n) is 5.11. The monoisotopic (exact) mass is 293 g/mol. The first-order chi connectivity index (χ1) is 9.40. The predicted molar refractivity (Wildman–Crippen MR) is 78.2 cm³/mol. The molecule has 20 heavy (non-hydrogen) atoms. The number of benzene rings is 1. The third kappa shape index (κ3) is 3.26. The molecule has 0 saturated carbocycles. The number of aromatic nitrogens is 2. The van der Waals surface area contributed by atoms with Gasteiger partial charge < -0.3 is 0 Å². The van der Waals surface area contributed by atoms with Crippen molar-refractivity contribution in [3.05, 3.63) is 42.7 Å². The summed E-state index contributed by atoms with van der Waals surface area (Å²) < 4.78 is 28.7. The molecule has 1 N–H and O–H groups in total. The van der Waals surface area contributed by atoms with Crippen molar-refractivity contribution >= 4 is 10.0 Å². The molecule has 0 aliphatic heterocycles. The van der Waals surface area contributed by atoms with Gasteiger partial charge in [0.15, 0.2) is 0 Å². The summed E-state index contributed by atoms with van der Waals surface area (Å²) in [6.07, 6.45) is 2.88. The van der Waals surface area contributed by atoms with Crippen molar-refractivity contribution in [2.24, 2.45) is 5.92 Å². The summed E-state index contributed by atoms with van der Waals surface area (Å²) in [6.45, 7) is 5.80. The second-order valence-corrected chi connectivity index (χ2v) is 6.82. The summed E-state index contributed by atoms with van der Waals surface area (Å²) >= 11 is 0. The van der Waals surface area contributed by atoms with Gasteiger partial charge in [0.2, 0.25) is 10.0 Å². The van der Waals surface area contributed by atoms with E-state index in [0.717, 1.165) is 5.69 Å². The Morgan fingerprint density at radius 2 is 1.80 bits per heavy atom. The Kier molecular flexibility index (Phi) is 4.25. The highest BCUT2D eigenvalue weighted by Crippen LogP contribution is 2.13. The van der Waals surface area contributed by atoms with E-state index in [0.29, 0.717) is 0 Å². The first-order valence-corrected chi connectivity index (χ1v) is 8.01. The Morgan fingerprint density at radius 1 is 1.15 bits per heavy atom. The first-order valence-electron chi connectivity index (χ1n) is 6.52. The Morgan fingerprint density at radius 3 is 2.40 bits per heavy atom. The van der Waals surface area contributed by atoms with E-state index in [4.69, 9.17) is 0 Å². The van der Waals surface area contributed by atoms with Crippen molar-refractivity contribution < 1.29 is 8.42 Å². The number of rotatable bonds is 5. The zero-order valence-electron chi connectivity index (χ0n) is 11.8. The molecule has 0 radical (unpaired) electrons. The Bertz CT molecular complexity index is 663. The molecule has 1 unspecified atom stereocenters. The SMILES string of the molecule is CC(C)C(C)NS(=O)(=O)c1cnn(-c2ccccc2)c1. The smallest absolute Gasteiger partial charge is 0.240 e. The van der Waals surface area contributed by atoms with Gasteiger partial charge in [-0.25, -0.2) is 17.8 Å². The van der Waals surface area contributed by atoms with Gasteiger partial charge in [-0.1, -0.05) is 32.0 Å². The summed E-state index contributed by atoms with van der Waals surface area (Å²) in [6, 6.07) is 9.27. The lowest BCUT2D eigenvalue weighted by Crippen LogP contribution is -2.35. The topological polar surface area (TPSA) is 64.0 Å². The van der Waals surface area contributed by atoms with Crippen LogP contribution in [0.3, 0.4) is 0 Å². The Balaban J connectivity index is 2.24. The van der Waals surface area contributed by atoms with E-state index in [1.807, 2.05) is 51.1 Å². The zero-order chi connectivity index (χ0) is 14.8. The molecule has 1 atom stereocenters. The van der Waals surface area contributed by atoms with E-state index in [1.54, 1.807) is 4.68 Å². The molecule has 5 nitrogen and oxygen atoms in total. The molecule has 0 amide bonds. The van der Waals surface area contributed by atoms with Crippen LogP contribution in [0.25, 0.3) is 5.69 Å².